The monoisotopic (exact) mass is 445 g/mol. The zero-order chi connectivity index (χ0) is 22.7. The van der Waals surface area contributed by atoms with Crippen LogP contribution in [0.1, 0.15) is 73.1 Å². The highest BCUT2D eigenvalue weighted by atomic mass is 28.4. The summed E-state index contributed by atoms with van der Waals surface area (Å²) in [7, 11) is 1.66. The van der Waals surface area contributed by atoms with Gasteiger partial charge < -0.3 is 23.6 Å². The van der Waals surface area contributed by atoms with E-state index in [1.165, 1.54) is 90.9 Å². The van der Waals surface area contributed by atoms with Crippen LogP contribution < -0.4 is 0 Å². The largest absolute Gasteiger partial charge is 0.398 e. The van der Waals surface area contributed by atoms with Crippen LogP contribution in [0.25, 0.3) is 0 Å². The zero-order valence-corrected chi connectivity index (χ0v) is 22.7. The summed E-state index contributed by atoms with van der Waals surface area (Å²) in [6.45, 7) is 22.2. The van der Waals surface area contributed by atoms with Crippen molar-refractivity contribution in [1.29, 1.82) is 0 Å². The van der Waals surface area contributed by atoms with Crippen LogP contribution in [0.2, 0.25) is 12.1 Å². The van der Waals surface area contributed by atoms with Gasteiger partial charge in [0, 0.05) is 26.8 Å². The van der Waals surface area contributed by atoms with Gasteiger partial charge in [0.05, 0.1) is 0 Å². The van der Waals surface area contributed by atoms with E-state index in [0.29, 0.717) is 0 Å². The third-order valence-electron chi connectivity index (χ3n) is 6.15. The predicted octanol–water partition coefficient (Wildman–Crippen LogP) is 5.07. The first kappa shape index (κ1) is 30.0. The van der Waals surface area contributed by atoms with Crippen LogP contribution in [0.4, 0.5) is 0 Å². The molecule has 0 aliphatic rings. The highest BCUT2D eigenvalue weighted by Gasteiger charge is 2.33. The molecule has 0 spiro atoms. The lowest BCUT2D eigenvalue weighted by molar-refractivity contribution is 0.200. The number of nitrogens with zero attached hydrogens (tertiary/aromatic N) is 3. The Balaban J connectivity index is 4.73. The van der Waals surface area contributed by atoms with Crippen LogP contribution >= 0.6 is 0 Å². The molecule has 5 nitrogen and oxygen atoms in total. The van der Waals surface area contributed by atoms with E-state index in [1.54, 1.807) is 0 Å². The first-order chi connectivity index (χ1) is 14.5. The van der Waals surface area contributed by atoms with Crippen molar-refractivity contribution < 1.29 is 8.85 Å². The van der Waals surface area contributed by atoms with Gasteiger partial charge in [0.2, 0.25) is 0 Å². The van der Waals surface area contributed by atoms with E-state index in [4.69, 9.17) is 8.85 Å². The molecule has 0 rings (SSSR count). The van der Waals surface area contributed by atoms with E-state index < -0.39 is 8.56 Å². The van der Waals surface area contributed by atoms with Crippen molar-refractivity contribution in [1.82, 2.24) is 14.7 Å². The lowest BCUT2D eigenvalue weighted by Crippen LogP contribution is -2.43. The van der Waals surface area contributed by atoms with E-state index in [2.05, 4.69) is 49.3 Å². The Bertz CT molecular complexity index is 328. The topological polar surface area (TPSA) is 28.2 Å². The smallest absolute Gasteiger partial charge is 0.338 e. The Hall–Kier alpha value is 0.0169. The molecule has 0 aliphatic carbocycles. The molecular formula is C24H55N3O2Si. The first-order valence-corrected chi connectivity index (χ1v) is 15.0. The molecule has 30 heavy (non-hydrogen) atoms. The van der Waals surface area contributed by atoms with Crippen LogP contribution in [-0.4, -0.2) is 96.4 Å². The van der Waals surface area contributed by atoms with E-state index in [1.807, 2.05) is 14.2 Å². The van der Waals surface area contributed by atoms with Crippen LogP contribution in [0.3, 0.4) is 0 Å². The second kappa shape index (κ2) is 19.7. The van der Waals surface area contributed by atoms with Crippen molar-refractivity contribution in [3.8, 4) is 0 Å². The number of hydrogen-bond donors (Lipinski definition) is 0. The van der Waals surface area contributed by atoms with Crippen molar-refractivity contribution in [2.75, 3.05) is 73.1 Å². The third-order valence-corrected chi connectivity index (χ3v) is 9.70. The van der Waals surface area contributed by atoms with E-state index >= 15 is 0 Å². The van der Waals surface area contributed by atoms with Crippen LogP contribution in [0.5, 0.6) is 0 Å². The summed E-state index contributed by atoms with van der Waals surface area (Å²) in [6.07, 6.45) is 7.52. The molecule has 6 heteroatoms. The van der Waals surface area contributed by atoms with Crippen LogP contribution in [0.15, 0.2) is 0 Å². The van der Waals surface area contributed by atoms with Gasteiger partial charge in [0.1, 0.15) is 0 Å². The summed E-state index contributed by atoms with van der Waals surface area (Å²) in [4.78, 5) is 7.96. The SMILES string of the molecule is CCCN(CCC)CCCN(CCCN(CCC)CCC)CC[Si](CC)(OC)OC. The predicted molar refractivity (Wildman–Crippen MR) is 135 cm³/mol. The molecule has 0 bridgehead atoms. The first-order valence-electron chi connectivity index (χ1n) is 12.8. The molecule has 0 saturated carbocycles. The van der Waals surface area contributed by atoms with Gasteiger partial charge in [-0.05, 0) is 96.9 Å². The van der Waals surface area contributed by atoms with E-state index in [9.17, 15) is 0 Å². The minimum atomic E-state index is -2.02. The van der Waals surface area contributed by atoms with E-state index in [-0.39, 0.29) is 0 Å². The molecule has 0 fully saturated rings. The van der Waals surface area contributed by atoms with E-state index in [0.717, 1.165) is 18.6 Å². The number of hydrogen-bond acceptors (Lipinski definition) is 5. The van der Waals surface area contributed by atoms with Gasteiger partial charge >= 0.3 is 8.56 Å². The maximum atomic E-state index is 5.87. The van der Waals surface area contributed by atoms with Gasteiger partial charge in [-0.15, -0.1) is 0 Å². The van der Waals surface area contributed by atoms with Gasteiger partial charge in [-0.25, -0.2) is 0 Å². The average molecular weight is 446 g/mol. The molecule has 0 saturated heterocycles. The molecule has 0 aromatic carbocycles. The Morgan fingerprint density at radius 1 is 0.500 bits per heavy atom. The molecule has 0 heterocycles. The Kier molecular flexibility index (Phi) is 19.7. The number of rotatable bonds is 22. The molecule has 0 unspecified atom stereocenters. The molecule has 0 radical (unpaired) electrons. The summed E-state index contributed by atoms with van der Waals surface area (Å²) < 4.78 is 11.7. The normalized spacial score (nSPS) is 12.6. The van der Waals surface area contributed by atoms with Crippen molar-refractivity contribution in [2.24, 2.45) is 0 Å². The van der Waals surface area contributed by atoms with Crippen LogP contribution in [-0.2, 0) is 8.85 Å². The van der Waals surface area contributed by atoms with Gasteiger partial charge in [-0.2, -0.15) is 0 Å². The fourth-order valence-corrected chi connectivity index (χ4v) is 6.55. The molecule has 0 aliphatic heterocycles. The summed E-state index contributed by atoms with van der Waals surface area (Å²) in [6, 6.07) is 2.09. The Morgan fingerprint density at radius 2 is 0.833 bits per heavy atom. The molecular weight excluding hydrogens is 390 g/mol. The fourth-order valence-electron chi connectivity index (χ4n) is 4.39. The van der Waals surface area contributed by atoms with Gasteiger partial charge in [-0.1, -0.05) is 34.6 Å². The minimum absolute atomic E-state index is 1.02. The van der Waals surface area contributed by atoms with Crippen molar-refractivity contribution >= 4 is 8.56 Å². The van der Waals surface area contributed by atoms with Crippen molar-refractivity contribution in [2.45, 2.75) is 85.2 Å². The highest BCUT2D eigenvalue weighted by molar-refractivity contribution is 6.67. The average Bonchev–Trinajstić information content (AvgIpc) is 2.75. The Morgan fingerprint density at radius 3 is 1.10 bits per heavy atom. The lowest BCUT2D eigenvalue weighted by atomic mass is 10.2. The summed E-state index contributed by atoms with van der Waals surface area (Å²) >= 11 is 0. The second-order valence-corrected chi connectivity index (χ2v) is 12.5. The maximum Gasteiger partial charge on any atom is 0.338 e. The minimum Gasteiger partial charge on any atom is -0.398 e. The molecule has 182 valence electrons. The highest BCUT2D eigenvalue weighted by Crippen LogP contribution is 2.18. The molecule has 0 atom stereocenters. The van der Waals surface area contributed by atoms with Crippen LogP contribution in [0, 0.1) is 0 Å². The summed E-state index contributed by atoms with van der Waals surface area (Å²) in [5, 5.41) is 0. The fraction of sp³-hybridized carbons (Fsp3) is 1.00. The Labute approximate surface area is 190 Å². The van der Waals surface area contributed by atoms with Crippen molar-refractivity contribution in [3.63, 3.8) is 0 Å². The van der Waals surface area contributed by atoms with Gasteiger partial charge in [0.15, 0.2) is 0 Å². The second-order valence-electron chi connectivity index (χ2n) is 8.65. The molecule has 0 N–H and O–H groups in total. The van der Waals surface area contributed by atoms with Crippen molar-refractivity contribution in [3.05, 3.63) is 0 Å². The van der Waals surface area contributed by atoms with Gasteiger partial charge in [0.25, 0.3) is 0 Å². The third kappa shape index (κ3) is 13.4. The zero-order valence-electron chi connectivity index (χ0n) is 21.7. The quantitative estimate of drug-likeness (QED) is 0.217. The lowest BCUT2D eigenvalue weighted by Gasteiger charge is -2.31. The maximum absolute atomic E-state index is 5.87. The molecule has 0 aromatic rings. The molecule has 0 aromatic heterocycles. The van der Waals surface area contributed by atoms with Gasteiger partial charge in [-0.3, -0.25) is 0 Å². The molecule has 0 amide bonds. The summed E-state index contributed by atoms with van der Waals surface area (Å²) in [5.74, 6) is 0. The summed E-state index contributed by atoms with van der Waals surface area (Å²) in [5.41, 5.74) is 0. The standard InChI is InChI=1S/C24H55N3O2Si/c1-8-15-25(16-9-2)19-13-21-27(23-24-30(12-5,28-6)29-7)22-14-20-26(17-10-3)18-11-4/h8-24H2,1-7H3.